The van der Waals surface area contributed by atoms with Crippen molar-refractivity contribution in [3.8, 4) is 17.2 Å². The highest BCUT2D eigenvalue weighted by atomic mass is 16.5. The number of methoxy groups -OCH3 is 1. The number of aryl methyl sites for hydroxylation is 2. The minimum Gasteiger partial charge on any atom is -0.465 e. The molecule has 0 fully saturated rings. The Morgan fingerprint density at radius 1 is 1.20 bits per heavy atom. The van der Waals surface area contributed by atoms with E-state index >= 15 is 0 Å². The third-order valence-corrected chi connectivity index (χ3v) is 7.42. The number of nitrogens with zero attached hydrogens (tertiary/aromatic N) is 7. The van der Waals surface area contributed by atoms with E-state index in [0.29, 0.717) is 36.7 Å². The highest BCUT2D eigenvalue weighted by Gasteiger charge is 2.33. The number of H-pyrrole nitrogens is 1. The van der Waals surface area contributed by atoms with Gasteiger partial charge in [-0.1, -0.05) is 44.5 Å². The summed E-state index contributed by atoms with van der Waals surface area (Å²) in [6, 6.07) is 9.76. The quantitative estimate of drug-likeness (QED) is 0.285. The molecule has 4 aromatic rings. The molecule has 1 N–H and O–H groups in total. The molecule has 1 unspecified atom stereocenters. The number of tetrazole rings is 1. The van der Waals surface area contributed by atoms with Crippen molar-refractivity contribution in [3.05, 3.63) is 82.3 Å². The van der Waals surface area contributed by atoms with Crippen LogP contribution >= 0.6 is 0 Å². The fourth-order valence-corrected chi connectivity index (χ4v) is 5.32. The molecule has 1 aliphatic rings. The summed E-state index contributed by atoms with van der Waals surface area (Å²) in [5, 5.41) is 14.3. The zero-order chi connectivity index (χ0) is 28.1. The highest BCUT2D eigenvalue weighted by molar-refractivity contribution is 5.93. The Kier molecular flexibility index (Phi) is 7.90. The van der Waals surface area contributed by atoms with Gasteiger partial charge in [0.2, 0.25) is 0 Å². The maximum absolute atomic E-state index is 14.2. The average molecular weight is 543 g/mol. The second kappa shape index (κ2) is 11.7. The minimum atomic E-state index is -0.529. The fourth-order valence-electron chi connectivity index (χ4n) is 5.32. The zero-order valence-electron chi connectivity index (χ0n) is 23.1. The molecule has 0 aliphatic carbocycles. The van der Waals surface area contributed by atoms with Crippen LogP contribution in [0.2, 0.25) is 0 Å². The number of allylic oxidation sites excluding steroid dienone is 1. The second-order valence-electron chi connectivity index (χ2n) is 10.0. The van der Waals surface area contributed by atoms with Crippen molar-refractivity contribution in [2.75, 3.05) is 7.11 Å². The van der Waals surface area contributed by atoms with Crippen molar-refractivity contribution in [2.24, 2.45) is 4.99 Å². The Morgan fingerprint density at radius 3 is 2.77 bits per heavy atom. The van der Waals surface area contributed by atoms with Crippen LogP contribution in [0.4, 0.5) is 0 Å². The number of rotatable bonds is 11. The Balaban J connectivity index is 1.64. The predicted octanol–water partition coefficient (Wildman–Crippen LogP) is 4.09. The van der Waals surface area contributed by atoms with Gasteiger partial charge in [-0.15, -0.1) is 5.10 Å². The van der Waals surface area contributed by atoms with E-state index in [4.69, 9.17) is 4.74 Å². The molecule has 40 heavy (non-hydrogen) atoms. The van der Waals surface area contributed by atoms with Crippen molar-refractivity contribution >= 4 is 12.2 Å². The number of imidazole rings is 1. The van der Waals surface area contributed by atoms with Crippen LogP contribution in [0.3, 0.4) is 0 Å². The standard InChI is InChI=1S/C29H34N8O3/c1-4-6-10-23-19-36(26-24(27(38)40-3)11-17-35(26)16-5-2)28(39)37(23)20-29(12-14-30-15-13-29)22-9-7-8-21(18-22)25-31-33-34-32-25/h7-9,11-12,14-15,17-19H,4-6,10,13,16,20H2,1-3H3,(H,31,32,33,34). The van der Waals surface area contributed by atoms with E-state index in [0.717, 1.165) is 42.5 Å². The fraction of sp³-hybridized carbons (Fsp3) is 0.379. The molecule has 1 aliphatic heterocycles. The molecule has 3 aromatic heterocycles. The lowest BCUT2D eigenvalue weighted by Gasteiger charge is -2.32. The monoisotopic (exact) mass is 542 g/mol. The number of unbranched alkanes of at least 4 members (excludes halogenated alkanes) is 1. The third kappa shape index (κ3) is 5.06. The van der Waals surface area contributed by atoms with Crippen molar-refractivity contribution < 1.29 is 9.53 Å². The molecule has 11 heteroatoms. The topological polar surface area (TPSA) is 125 Å². The summed E-state index contributed by atoms with van der Waals surface area (Å²) in [7, 11) is 1.35. The molecular weight excluding hydrogens is 508 g/mol. The summed E-state index contributed by atoms with van der Waals surface area (Å²) >= 11 is 0. The van der Waals surface area contributed by atoms with E-state index < -0.39 is 11.4 Å². The lowest BCUT2D eigenvalue weighted by Crippen LogP contribution is -2.37. The van der Waals surface area contributed by atoms with E-state index in [9.17, 15) is 9.59 Å². The lowest BCUT2D eigenvalue weighted by atomic mass is 9.76. The Bertz CT molecular complexity index is 1590. The maximum Gasteiger partial charge on any atom is 0.341 e. The maximum atomic E-state index is 14.2. The SMILES string of the molecule is CCCCc1cn(-c2c(C(=O)OC)ccn2CCC)c(=O)n1CC1(c2cccc(-c3nnn[nH]3)c2)C=CN=CC1. The predicted molar refractivity (Wildman–Crippen MR) is 152 cm³/mol. The average Bonchev–Trinajstić information content (AvgIpc) is 3.73. The van der Waals surface area contributed by atoms with Gasteiger partial charge in [0.1, 0.15) is 11.4 Å². The number of carbonyl (C=O) groups excluding carboxylic acids is 1. The zero-order valence-corrected chi connectivity index (χ0v) is 23.1. The van der Waals surface area contributed by atoms with Gasteiger partial charge in [-0.2, -0.15) is 0 Å². The third-order valence-electron chi connectivity index (χ3n) is 7.42. The van der Waals surface area contributed by atoms with Gasteiger partial charge in [-0.25, -0.2) is 14.7 Å². The van der Waals surface area contributed by atoms with Gasteiger partial charge in [0.25, 0.3) is 0 Å². The van der Waals surface area contributed by atoms with Crippen LogP contribution in [-0.2, 0) is 29.7 Å². The van der Waals surface area contributed by atoms with Gasteiger partial charge in [-0.05, 0) is 53.8 Å². The smallest absolute Gasteiger partial charge is 0.341 e. The summed E-state index contributed by atoms with van der Waals surface area (Å²) in [4.78, 5) is 31.3. The number of aromatic amines is 1. The van der Waals surface area contributed by atoms with Crippen LogP contribution in [0, 0.1) is 0 Å². The molecule has 208 valence electrons. The number of aliphatic imine (C=N–C) groups is 1. The number of hydrogen-bond donors (Lipinski definition) is 1. The Labute approximate surface area is 232 Å². The number of benzene rings is 1. The Morgan fingerprint density at radius 2 is 2.08 bits per heavy atom. The molecule has 0 saturated carbocycles. The van der Waals surface area contributed by atoms with Gasteiger partial charge in [0, 0.05) is 54.6 Å². The summed E-state index contributed by atoms with van der Waals surface area (Å²) in [6.45, 7) is 5.26. The van der Waals surface area contributed by atoms with E-state index in [1.54, 1.807) is 16.8 Å². The van der Waals surface area contributed by atoms with Gasteiger partial charge < -0.3 is 9.30 Å². The first-order valence-corrected chi connectivity index (χ1v) is 13.6. The number of aromatic nitrogens is 7. The molecule has 1 aromatic carbocycles. The van der Waals surface area contributed by atoms with E-state index in [1.165, 1.54) is 7.11 Å². The van der Waals surface area contributed by atoms with Crippen molar-refractivity contribution in [2.45, 2.75) is 64.5 Å². The van der Waals surface area contributed by atoms with Gasteiger partial charge in [0.15, 0.2) is 5.82 Å². The molecule has 0 radical (unpaired) electrons. The van der Waals surface area contributed by atoms with Crippen molar-refractivity contribution in [3.63, 3.8) is 0 Å². The molecule has 0 bridgehead atoms. The molecule has 4 heterocycles. The first-order valence-electron chi connectivity index (χ1n) is 13.6. The summed E-state index contributed by atoms with van der Waals surface area (Å²) in [5.74, 6) is 0.635. The molecular formula is C29H34N8O3. The van der Waals surface area contributed by atoms with E-state index in [-0.39, 0.29) is 5.69 Å². The first kappa shape index (κ1) is 27.0. The second-order valence-corrected chi connectivity index (χ2v) is 10.0. The minimum absolute atomic E-state index is 0.196. The lowest BCUT2D eigenvalue weighted by molar-refractivity contribution is 0.0600. The van der Waals surface area contributed by atoms with Gasteiger partial charge >= 0.3 is 11.7 Å². The number of esters is 1. The molecule has 11 nitrogen and oxygen atoms in total. The van der Waals surface area contributed by atoms with E-state index in [2.05, 4.69) is 57.7 Å². The first-order chi connectivity index (χ1) is 19.5. The molecule has 0 amide bonds. The van der Waals surface area contributed by atoms with E-state index in [1.807, 2.05) is 39.9 Å². The molecule has 5 rings (SSSR count). The number of carbonyl (C=O) groups is 1. The van der Waals surface area contributed by atoms with Gasteiger partial charge in [0.05, 0.1) is 7.11 Å². The van der Waals surface area contributed by atoms with Crippen LogP contribution in [-0.4, -0.2) is 53.6 Å². The van der Waals surface area contributed by atoms with Crippen LogP contribution in [0.5, 0.6) is 0 Å². The van der Waals surface area contributed by atoms with Crippen molar-refractivity contribution in [1.29, 1.82) is 0 Å². The summed E-state index contributed by atoms with van der Waals surface area (Å²) in [5.41, 5.74) is 2.43. The normalized spacial score (nSPS) is 16.5. The molecule has 1 atom stereocenters. The largest absolute Gasteiger partial charge is 0.465 e. The van der Waals surface area contributed by atoms with Crippen molar-refractivity contribution in [1.82, 2.24) is 34.3 Å². The molecule has 0 spiro atoms. The molecule has 0 saturated heterocycles. The number of nitrogens with one attached hydrogen (secondary N) is 1. The number of hydrogen-bond acceptors (Lipinski definition) is 7. The van der Waals surface area contributed by atoms with Crippen LogP contribution in [0.15, 0.2) is 64.8 Å². The number of ether oxygens (including phenoxy) is 1. The Hall–Kier alpha value is -4.54. The van der Waals surface area contributed by atoms with Crippen LogP contribution < -0.4 is 5.69 Å². The summed E-state index contributed by atoms with van der Waals surface area (Å²) in [6.07, 6.45) is 13.6. The summed E-state index contributed by atoms with van der Waals surface area (Å²) < 4.78 is 10.5. The van der Waals surface area contributed by atoms with Gasteiger partial charge in [-0.3, -0.25) is 14.1 Å². The van der Waals surface area contributed by atoms with Crippen LogP contribution in [0.1, 0.15) is 61.1 Å². The van der Waals surface area contributed by atoms with Crippen LogP contribution in [0.25, 0.3) is 17.2 Å². The highest BCUT2D eigenvalue weighted by Crippen LogP contribution is 2.35.